The molecule has 0 bridgehead atoms. The van der Waals surface area contributed by atoms with Crippen molar-refractivity contribution in [1.29, 1.82) is 0 Å². The van der Waals surface area contributed by atoms with Crippen molar-refractivity contribution in [2.75, 3.05) is 11.9 Å². The molecule has 2 N–H and O–H groups in total. The first kappa shape index (κ1) is 18.2. The summed E-state index contributed by atoms with van der Waals surface area (Å²) in [5.74, 6) is -2.70. The third kappa shape index (κ3) is 4.50. The van der Waals surface area contributed by atoms with E-state index in [-0.39, 0.29) is 24.4 Å². The van der Waals surface area contributed by atoms with Gasteiger partial charge in [-0.1, -0.05) is 30.3 Å². The number of carbonyl (C=O) groups excluding carboxylic acids is 2. The standard InChI is InChI=1S/C19H18F2N2O3/c20-14-7-6-13(8-15(14)21)23-19(25)16-9-17(24)18(10-22-16)26-11-12-4-2-1-3-5-12/h1-8,16,18,22H,9-11H2,(H,23,25). The van der Waals surface area contributed by atoms with Crippen molar-refractivity contribution in [2.45, 2.75) is 25.2 Å². The molecule has 0 saturated carbocycles. The van der Waals surface area contributed by atoms with E-state index < -0.39 is 29.7 Å². The lowest BCUT2D eigenvalue weighted by molar-refractivity contribution is -0.137. The van der Waals surface area contributed by atoms with Crippen LogP contribution in [0.3, 0.4) is 0 Å². The van der Waals surface area contributed by atoms with Crippen LogP contribution in [-0.4, -0.2) is 30.4 Å². The largest absolute Gasteiger partial charge is 0.364 e. The third-order valence-electron chi connectivity index (χ3n) is 4.11. The lowest BCUT2D eigenvalue weighted by Crippen LogP contribution is -2.53. The fraction of sp³-hybridized carbons (Fsp3) is 0.263. The zero-order chi connectivity index (χ0) is 18.5. The topological polar surface area (TPSA) is 67.4 Å². The lowest BCUT2D eigenvalue weighted by atomic mass is 10.0. The van der Waals surface area contributed by atoms with Crippen molar-refractivity contribution in [2.24, 2.45) is 0 Å². The summed E-state index contributed by atoms with van der Waals surface area (Å²) < 4.78 is 31.7. The van der Waals surface area contributed by atoms with Crippen molar-refractivity contribution >= 4 is 17.4 Å². The number of Topliss-reactive ketones (excluding diaryl/α,β-unsaturated/α-hetero) is 1. The van der Waals surface area contributed by atoms with Crippen LogP contribution in [0.2, 0.25) is 0 Å². The quantitative estimate of drug-likeness (QED) is 0.859. The first-order valence-corrected chi connectivity index (χ1v) is 8.20. The van der Waals surface area contributed by atoms with Crippen LogP contribution in [0.1, 0.15) is 12.0 Å². The molecule has 0 radical (unpaired) electrons. The Morgan fingerprint density at radius 1 is 1.15 bits per heavy atom. The van der Waals surface area contributed by atoms with Gasteiger partial charge in [0, 0.05) is 24.7 Å². The molecule has 0 aromatic heterocycles. The second-order valence-electron chi connectivity index (χ2n) is 6.03. The first-order chi connectivity index (χ1) is 12.5. The maximum Gasteiger partial charge on any atom is 0.241 e. The Kier molecular flexibility index (Phi) is 5.70. The Balaban J connectivity index is 1.51. The van der Waals surface area contributed by atoms with Crippen molar-refractivity contribution < 1.29 is 23.1 Å². The number of piperidine rings is 1. The van der Waals surface area contributed by atoms with Gasteiger partial charge in [0.1, 0.15) is 6.10 Å². The van der Waals surface area contributed by atoms with Crippen LogP contribution < -0.4 is 10.6 Å². The molecule has 1 saturated heterocycles. The van der Waals surface area contributed by atoms with Crippen LogP contribution in [0, 0.1) is 11.6 Å². The van der Waals surface area contributed by atoms with E-state index in [4.69, 9.17) is 4.74 Å². The number of halogens is 2. The highest BCUT2D eigenvalue weighted by molar-refractivity contribution is 5.99. The fourth-order valence-corrected chi connectivity index (χ4v) is 2.68. The van der Waals surface area contributed by atoms with Crippen molar-refractivity contribution in [3.63, 3.8) is 0 Å². The predicted molar refractivity (Wildman–Crippen MR) is 91.4 cm³/mol. The van der Waals surface area contributed by atoms with Crippen LogP contribution in [0.4, 0.5) is 14.5 Å². The summed E-state index contributed by atoms with van der Waals surface area (Å²) in [6, 6.07) is 11.8. The number of carbonyl (C=O) groups is 2. The summed E-state index contributed by atoms with van der Waals surface area (Å²) in [7, 11) is 0. The molecule has 1 aliphatic heterocycles. The minimum Gasteiger partial charge on any atom is -0.364 e. The van der Waals surface area contributed by atoms with Crippen molar-refractivity contribution in [3.05, 3.63) is 65.7 Å². The number of benzene rings is 2. The van der Waals surface area contributed by atoms with Crippen LogP contribution in [0.15, 0.2) is 48.5 Å². The van der Waals surface area contributed by atoms with Crippen LogP contribution in [0.25, 0.3) is 0 Å². The number of nitrogens with one attached hydrogen (secondary N) is 2. The van der Waals surface area contributed by atoms with Crippen LogP contribution >= 0.6 is 0 Å². The molecule has 1 amide bonds. The van der Waals surface area contributed by atoms with E-state index in [9.17, 15) is 18.4 Å². The molecular formula is C19H18F2N2O3. The molecular weight excluding hydrogens is 342 g/mol. The van der Waals surface area contributed by atoms with E-state index in [1.807, 2.05) is 30.3 Å². The second kappa shape index (κ2) is 8.16. The smallest absolute Gasteiger partial charge is 0.241 e. The van der Waals surface area contributed by atoms with E-state index in [2.05, 4.69) is 10.6 Å². The monoisotopic (exact) mass is 360 g/mol. The molecule has 3 rings (SSSR count). The SMILES string of the molecule is O=C(Nc1ccc(F)c(F)c1)C1CC(=O)C(OCc2ccccc2)CN1. The van der Waals surface area contributed by atoms with Gasteiger partial charge in [-0.2, -0.15) is 0 Å². The Hall–Kier alpha value is -2.64. The van der Waals surface area contributed by atoms with Gasteiger partial charge >= 0.3 is 0 Å². The van der Waals surface area contributed by atoms with Crippen molar-refractivity contribution in [3.8, 4) is 0 Å². The summed E-state index contributed by atoms with van der Waals surface area (Å²) in [5, 5.41) is 5.43. The average Bonchev–Trinajstić information content (AvgIpc) is 2.64. The Morgan fingerprint density at radius 3 is 2.62 bits per heavy atom. The van der Waals surface area contributed by atoms with Gasteiger partial charge in [-0.25, -0.2) is 8.78 Å². The predicted octanol–water partition coefficient (Wildman–Crippen LogP) is 2.42. The van der Waals surface area contributed by atoms with Crippen LogP contribution in [0.5, 0.6) is 0 Å². The molecule has 0 aliphatic carbocycles. The Bertz CT molecular complexity index is 799. The van der Waals surface area contributed by atoms with E-state index in [0.717, 1.165) is 17.7 Å². The van der Waals surface area contributed by atoms with Gasteiger partial charge in [-0.05, 0) is 17.7 Å². The van der Waals surface area contributed by atoms with Gasteiger partial charge in [0.05, 0.1) is 12.6 Å². The molecule has 2 unspecified atom stereocenters. The summed E-state index contributed by atoms with van der Waals surface area (Å²) in [5.41, 5.74) is 1.09. The van der Waals surface area contributed by atoms with E-state index in [0.29, 0.717) is 6.61 Å². The summed E-state index contributed by atoms with van der Waals surface area (Å²) in [6.07, 6.45) is -0.655. The molecule has 1 fully saturated rings. The highest BCUT2D eigenvalue weighted by Crippen LogP contribution is 2.16. The Labute approximate surface area is 149 Å². The molecule has 2 atom stereocenters. The normalized spacial score (nSPS) is 20.0. The molecule has 2 aromatic carbocycles. The van der Waals surface area contributed by atoms with Gasteiger partial charge < -0.3 is 15.4 Å². The summed E-state index contributed by atoms with van der Waals surface area (Å²) in [6.45, 7) is 0.520. The number of hydrogen-bond acceptors (Lipinski definition) is 4. The van der Waals surface area contributed by atoms with Gasteiger partial charge in [0.2, 0.25) is 5.91 Å². The molecule has 1 heterocycles. The molecule has 26 heavy (non-hydrogen) atoms. The maximum absolute atomic E-state index is 13.2. The highest BCUT2D eigenvalue weighted by Gasteiger charge is 2.32. The molecule has 2 aromatic rings. The maximum atomic E-state index is 13.2. The lowest BCUT2D eigenvalue weighted by Gasteiger charge is -2.28. The zero-order valence-electron chi connectivity index (χ0n) is 13.9. The molecule has 136 valence electrons. The first-order valence-electron chi connectivity index (χ1n) is 8.20. The number of amides is 1. The highest BCUT2D eigenvalue weighted by atomic mass is 19.2. The third-order valence-corrected chi connectivity index (χ3v) is 4.11. The fourth-order valence-electron chi connectivity index (χ4n) is 2.68. The molecule has 5 nitrogen and oxygen atoms in total. The Morgan fingerprint density at radius 2 is 1.92 bits per heavy atom. The number of hydrogen-bond donors (Lipinski definition) is 2. The minimum absolute atomic E-state index is 0.0328. The number of anilines is 1. The number of rotatable bonds is 5. The van der Waals surface area contributed by atoms with Gasteiger partial charge in [-0.15, -0.1) is 0 Å². The molecule has 0 spiro atoms. The van der Waals surface area contributed by atoms with Gasteiger partial charge in [0.25, 0.3) is 0 Å². The molecule has 1 aliphatic rings. The average molecular weight is 360 g/mol. The second-order valence-corrected chi connectivity index (χ2v) is 6.03. The van der Waals surface area contributed by atoms with Crippen LogP contribution in [-0.2, 0) is 20.9 Å². The van der Waals surface area contributed by atoms with Gasteiger partial charge in [0.15, 0.2) is 17.4 Å². The minimum atomic E-state index is -1.05. The molecule has 7 heteroatoms. The van der Waals surface area contributed by atoms with Crippen molar-refractivity contribution in [1.82, 2.24) is 5.32 Å². The van der Waals surface area contributed by atoms with Gasteiger partial charge in [-0.3, -0.25) is 9.59 Å². The number of ether oxygens (including phenoxy) is 1. The van der Waals surface area contributed by atoms with E-state index in [1.54, 1.807) is 0 Å². The zero-order valence-corrected chi connectivity index (χ0v) is 13.9. The van der Waals surface area contributed by atoms with E-state index >= 15 is 0 Å². The summed E-state index contributed by atoms with van der Waals surface area (Å²) in [4.78, 5) is 24.4. The van der Waals surface area contributed by atoms with E-state index in [1.165, 1.54) is 6.07 Å². The summed E-state index contributed by atoms with van der Waals surface area (Å²) >= 11 is 0. The number of ketones is 1.